The van der Waals surface area contributed by atoms with E-state index in [0.717, 1.165) is 37.5 Å². The third kappa shape index (κ3) is 3.63. The Morgan fingerprint density at radius 1 is 0.967 bits per heavy atom. The summed E-state index contributed by atoms with van der Waals surface area (Å²) in [5.74, 6) is 3.84. The Bertz CT molecular complexity index is 641. The summed E-state index contributed by atoms with van der Waals surface area (Å²) in [5, 5.41) is 0. The molecule has 0 radical (unpaired) electrons. The van der Waals surface area contributed by atoms with Crippen LogP contribution in [0.5, 0.6) is 0 Å². The van der Waals surface area contributed by atoms with E-state index in [1.54, 1.807) is 0 Å². The molecule has 0 aromatic carbocycles. The van der Waals surface area contributed by atoms with E-state index >= 15 is 0 Å². The highest BCUT2D eigenvalue weighted by Crippen LogP contribution is 2.68. The van der Waals surface area contributed by atoms with Crippen molar-refractivity contribution in [1.29, 1.82) is 0 Å². The lowest BCUT2D eigenvalue weighted by Gasteiger charge is -2.62. The zero-order chi connectivity index (χ0) is 21.5. The summed E-state index contributed by atoms with van der Waals surface area (Å²) in [6, 6.07) is 0. The van der Waals surface area contributed by atoms with Crippen molar-refractivity contribution in [3.8, 4) is 0 Å². The molecule has 4 aliphatic carbocycles. The number of fused-ring (bicyclic) bond motifs is 5. The highest BCUT2D eigenvalue weighted by Gasteiger charge is 2.63. The van der Waals surface area contributed by atoms with Crippen molar-refractivity contribution < 1.29 is 19.1 Å². The van der Waals surface area contributed by atoms with Crippen LogP contribution in [0.25, 0.3) is 0 Å². The summed E-state index contributed by atoms with van der Waals surface area (Å²) >= 11 is 2.52. The average Bonchev–Trinajstić information content (AvgIpc) is 3.07. The largest absolute Gasteiger partial charge is 0.465 e. The summed E-state index contributed by atoms with van der Waals surface area (Å²) in [5.41, 5.74) is 0.668. The van der Waals surface area contributed by atoms with Gasteiger partial charge in [-0.3, -0.25) is 9.59 Å². The van der Waals surface area contributed by atoms with Crippen LogP contribution in [-0.2, 0) is 19.1 Å². The molecule has 0 heterocycles. The van der Waals surface area contributed by atoms with Crippen LogP contribution in [0.15, 0.2) is 0 Å². The first kappa shape index (κ1) is 22.8. The number of carbonyl (C=O) groups excluding carboxylic acids is 2. The van der Waals surface area contributed by atoms with Gasteiger partial charge in [-0.15, -0.1) is 0 Å². The molecule has 0 N–H and O–H groups in total. The molecule has 0 amide bonds. The standard InChI is InChI=1S/C25H39IO4/c1-16(8-11-26)19-4-5-20-23-21(7-10-25(19,20)3)24(2)9-6-18(29-14-27)12-17(24)13-22(23)30-15-28/h14-23H,4-13H2,1-3H3/t16-,17?,18-,19-,20?,21?,22?,23?,24+,25-/m1/s1. The Labute approximate surface area is 195 Å². The van der Waals surface area contributed by atoms with Crippen molar-refractivity contribution in [2.45, 2.75) is 90.8 Å². The average molecular weight is 530 g/mol. The number of hydrogen-bond donors (Lipinski definition) is 0. The van der Waals surface area contributed by atoms with E-state index in [1.165, 1.54) is 36.5 Å². The smallest absolute Gasteiger partial charge is 0.293 e. The quantitative estimate of drug-likeness (QED) is 0.237. The molecule has 4 saturated carbocycles. The Kier molecular flexibility index (Phi) is 6.78. The molecule has 0 aromatic rings. The van der Waals surface area contributed by atoms with Crippen LogP contribution in [0.2, 0.25) is 0 Å². The molecule has 10 atom stereocenters. The summed E-state index contributed by atoms with van der Waals surface area (Å²) in [6.07, 6.45) is 10.6. The van der Waals surface area contributed by atoms with Gasteiger partial charge >= 0.3 is 0 Å². The fraction of sp³-hybridized carbons (Fsp3) is 0.920. The van der Waals surface area contributed by atoms with Gasteiger partial charge in [0.2, 0.25) is 0 Å². The Balaban J connectivity index is 1.62. The number of halogens is 1. The topological polar surface area (TPSA) is 52.6 Å². The zero-order valence-corrected chi connectivity index (χ0v) is 21.0. The molecule has 4 aliphatic rings. The van der Waals surface area contributed by atoms with E-state index in [-0.39, 0.29) is 17.6 Å². The molecular formula is C25H39IO4. The molecule has 4 fully saturated rings. The van der Waals surface area contributed by atoms with Crippen LogP contribution in [-0.4, -0.2) is 29.6 Å². The summed E-state index contributed by atoms with van der Waals surface area (Å²) < 4.78 is 12.5. The Morgan fingerprint density at radius 3 is 2.37 bits per heavy atom. The molecule has 4 rings (SSSR count). The van der Waals surface area contributed by atoms with Crippen LogP contribution in [0.4, 0.5) is 0 Å². The van der Waals surface area contributed by atoms with Crippen molar-refractivity contribution in [2.24, 2.45) is 46.3 Å². The van der Waals surface area contributed by atoms with Crippen LogP contribution < -0.4 is 0 Å². The monoisotopic (exact) mass is 530 g/mol. The molecular weight excluding hydrogens is 491 g/mol. The minimum Gasteiger partial charge on any atom is -0.465 e. The minimum atomic E-state index is 0.0313. The van der Waals surface area contributed by atoms with Gasteiger partial charge in [-0.25, -0.2) is 0 Å². The second-order valence-electron chi connectivity index (χ2n) is 11.3. The van der Waals surface area contributed by atoms with Crippen molar-refractivity contribution in [3.63, 3.8) is 0 Å². The van der Waals surface area contributed by atoms with E-state index in [9.17, 15) is 9.59 Å². The van der Waals surface area contributed by atoms with Gasteiger partial charge in [0.05, 0.1) is 0 Å². The Morgan fingerprint density at radius 2 is 1.67 bits per heavy atom. The predicted octanol–water partition coefficient (Wildman–Crippen LogP) is 5.80. The highest BCUT2D eigenvalue weighted by molar-refractivity contribution is 14.1. The van der Waals surface area contributed by atoms with Crippen LogP contribution in [0.1, 0.15) is 78.6 Å². The van der Waals surface area contributed by atoms with Gasteiger partial charge in [0, 0.05) is 5.92 Å². The van der Waals surface area contributed by atoms with Crippen molar-refractivity contribution in [2.75, 3.05) is 4.43 Å². The van der Waals surface area contributed by atoms with Crippen molar-refractivity contribution in [3.05, 3.63) is 0 Å². The first-order chi connectivity index (χ1) is 14.4. The molecule has 0 bridgehead atoms. The third-order valence-electron chi connectivity index (χ3n) is 10.4. The van der Waals surface area contributed by atoms with Crippen molar-refractivity contribution in [1.82, 2.24) is 0 Å². The number of rotatable bonds is 7. The molecule has 0 spiro atoms. The molecule has 170 valence electrons. The summed E-state index contributed by atoms with van der Waals surface area (Å²) in [6.45, 7) is 8.84. The molecule has 4 nitrogen and oxygen atoms in total. The van der Waals surface area contributed by atoms with Gasteiger partial charge in [0.25, 0.3) is 12.9 Å². The summed E-state index contributed by atoms with van der Waals surface area (Å²) in [4.78, 5) is 22.4. The van der Waals surface area contributed by atoms with Crippen LogP contribution in [0.3, 0.4) is 0 Å². The third-order valence-corrected chi connectivity index (χ3v) is 11.0. The lowest BCUT2D eigenvalue weighted by Crippen LogP contribution is -2.59. The minimum absolute atomic E-state index is 0.0313. The van der Waals surface area contributed by atoms with Gasteiger partial charge in [-0.1, -0.05) is 43.4 Å². The summed E-state index contributed by atoms with van der Waals surface area (Å²) in [7, 11) is 0. The van der Waals surface area contributed by atoms with Gasteiger partial charge in [0.15, 0.2) is 0 Å². The number of ether oxygens (including phenoxy) is 2. The molecule has 30 heavy (non-hydrogen) atoms. The van der Waals surface area contributed by atoms with Crippen LogP contribution in [0, 0.1) is 46.3 Å². The highest BCUT2D eigenvalue weighted by atomic mass is 127. The molecule has 0 aliphatic heterocycles. The number of alkyl halides is 1. The first-order valence-corrected chi connectivity index (χ1v) is 13.7. The first-order valence-electron chi connectivity index (χ1n) is 12.1. The van der Waals surface area contributed by atoms with Gasteiger partial charge in [-0.05, 0) is 103 Å². The second-order valence-corrected chi connectivity index (χ2v) is 12.4. The maximum absolute atomic E-state index is 11.5. The van der Waals surface area contributed by atoms with E-state index in [1.807, 2.05) is 0 Å². The van der Waals surface area contributed by atoms with E-state index in [4.69, 9.17) is 9.47 Å². The fourth-order valence-electron chi connectivity index (χ4n) is 8.92. The number of hydrogen-bond acceptors (Lipinski definition) is 4. The van der Waals surface area contributed by atoms with E-state index in [2.05, 4.69) is 43.4 Å². The number of carbonyl (C=O) groups is 2. The predicted molar refractivity (Wildman–Crippen MR) is 125 cm³/mol. The second kappa shape index (κ2) is 8.90. The lowest BCUT2D eigenvalue weighted by atomic mass is 9.43. The molecule has 5 heteroatoms. The maximum atomic E-state index is 11.5. The lowest BCUT2D eigenvalue weighted by molar-refractivity contribution is -0.190. The Hall–Kier alpha value is -0.330. The van der Waals surface area contributed by atoms with Gasteiger partial charge < -0.3 is 9.47 Å². The zero-order valence-electron chi connectivity index (χ0n) is 18.9. The van der Waals surface area contributed by atoms with Crippen LogP contribution >= 0.6 is 22.6 Å². The maximum Gasteiger partial charge on any atom is 0.293 e. The fourth-order valence-corrected chi connectivity index (χ4v) is 9.91. The molecule has 0 saturated heterocycles. The SMILES string of the molecule is C[C@H](CCI)[C@H]1CCC2C3C(OC=O)CC4C[C@H](OC=O)CC[C@]4(C)C3CC[C@@]21C. The normalized spacial score (nSPS) is 48.6. The molecule has 5 unspecified atom stereocenters. The van der Waals surface area contributed by atoms with E-state index < -0.39 is 0 Å². The van der Waals surface area contributed by atoms with Gasteiger partial charge in [-0.2, -0.15) is 0 Å². The molecule has 0 aromatic heterocycles. The van der Waals surface area contributed by atoms with Crippen molar-refractivity contribution >= 4 is 35.5 Å². The van der Waals surface area contributed by atoms with Gasteiger partial charge in [0.1, 0.15) is 12.2 Å². The van der Waals surface area contributed by atoms with E-state index in [0.29, 0.717) is 42.0 Å².